The number of nitrogens with zero attached hydrogens (tertiary/aromatic N) is 4. The van der Waals surface area contributed by atoms with Gasteiger partial charge in [0.1, 0.15) is 17.3 Å². The molecule has 0 saturated heterocycles. The van der Waals surface area contributed by atoms with Crippen LogP contribution in [0.1, 0.15) is 39.1 Å². The first-order chi connectivity index (χ1) is 8.56. The molecule has 2 aromatic rings. The molecule has 0 fully saturated rings. The van der Waals surface area contributed by atoms with Gasteiger partial charge in [-0.3, -0.25) is 0 Å². The summed E-state index contributed by atoms with van der Waals surface area (Å²) in [4.78, 5) is 8.87. The van der Waals surface area contributed by atoms with Gasteiger partial charge in [-0.25, -0.2) is 9.97 Å². The molecule has 2 aromatic heterocycles. The molecule has 2 rings (SSSR count). The molecule has 5 heteroatoms. The van der Waals surface area contributed by atoms with E-state index >= 15 is 0 Å². The Bertz CT molecular complexity index is 536. The Morgan fingerprint density at radius 2 is 2.11 bits per heavy atom. The fraction of sp³-hybridized carbons (Fsp3) is 0.538. The molecule has 2 heterocycles. The van der Waals surface area contributed by atoms with Crippen molar-refractivity contribution >= 4 is 5.82 Å². The van der Waals surface area contributed by atoms with Gasteiger partial charge in [-0.2, -0.15) is 0 Å². The molecule has 0 saturated carbocycles. The Hall–Kier alpha value is -1.78. The second kappa shape index (κ2) is 4.84. The van der Waals surface area contributed by atoms with Gasteiger partial charge < -0.3 is 14.9 Å². The van der Waals surface area contributed by atoms with Gasteiger partial charge in [-0.05, 0) is 20.3 Å². The highest BCUT2D eigenvalue weighted by atomic mass is 15.2. The van der Waals surface area contributed by atoms with Gasteiger partial charge in [0.2, 0.25) is 0 Å². The van der Waals surface area contributed by atoms with Crippen molar-refractivity contribution in [2.45, 2.75) is 39.7 Å². The van der Waals surface area contributed by atoms with Crippen molar-refractivity contribution in [3.63, 3.8) is 0 Å². The van der Waals surface area contributed by atoms with Crippen LogP contribution in [0.25, 0.3) is 11.4 Å². The smallest absolute Gasteiger partial charge is 0.133 e. The van der Waals surface area contributed by atoms with E-state index in [9.17, 15) is 0 Å². The van der Waals surface area contributed by atoms with Crippen LogP contribution in [0.15, 0.2) is 12.5 Å². The van der Waals surface area contributed by atoms with Gasteiger partial charge in [-0.1, -0.05) is 6.92 Å². The minimum atomic E-state index is 0.346. The molecule has 0 aliphatic heterocycles. The summed E-state index contributed by atoms with van der Waals surface area (Å²) in [6, 6.07) is 0.346. The van der Waals surface area contributed by atoms with Crippen molar-refractivity contribution in [3.8, 4) is 11.4 Å². The zero-order chi connectivity index (χ0) is 13.3. The highest BCUT2D eigenvalue weighted by molar-refractivity contribution is 5.68. The lowest BCUT2D eigenvalue weighted by Crippen LogP contribution is -2.03. The first kappa shape index (κ1) is 12.7. The average molecular weight is 247 g/mol. The third kappa shape index (κ3) is 2.00. The molecular formula is C13H21N5. The van der Waals surface area contributed by atoms with E-state index in [-0.39, 0.29) is 0 Å². The van der Waals surface area contributed by atoms with Crippen molar-refractivity contribution in [1.82, 2.24) is 19.1 Å². The molecule has 0 aromatic carbocycles. The maximum atomic E-state index is 6.15. The van der Waals surface area contributed by atoms with E-state index in [0.29, 0.717) is 11.9 Å². The summed E-state index contributed by atoms with van der Waals surface area (Å²) in [5.41, 5.74) is 7.98. The van der Waals surface area contributed by atoms with Crippen LogP contribution in [0, 0.1) is 0 Å². The Kier molecular flexibility index (Phi) is 3.41. The van der Waals surface area contributed by atoms with E-state index in [1.54, 1.807) is 0 Å². The molecule has 0 aliphatic rings. The van der Waals surface area contributed by atoms with Crippen molar-refractivity contribution in [3.05, 3.63) is 18.3 Å². The molecule has 0 radical (unpaired) electrons. The third-order valence-corrected chi connectivity index (χ3v) is 3.17. The van der Waals surface area contributed by atoms with E-state index in [4.69, 9.17) is 5.73 Å². The van der Waals surface area contributed by atoms with E-state index < -0.39 is 0 Å². The lowest BCUT2D eigenvalue weighted by molar-refractivity contribution is 0.604. The number of imidazole rings is 2. The van der Waals surface area contributed by atoms with Gasteiger partial charge in [0.15, 0.2) is 0 Å². The molecule has 0 unspecified atom stereocenters. The minimum absolute atomic E-state index is 0.346. The predicted octanol–water partition coefficient (Wildman–Crippen LogP) is 2.40. The highest BCUT2D eigenvalue weighted by Gasteiger charge is 2.17. The average Bonchev–Trinajstić information content (AvgIpc) is 2.90. The summed E-state index contributed by atoms with van der Waals surface area (Å²) >= 11 is 0. The maximum absolute atomic E-state index is 6.15. The quantitative estimate of drug-likeness (QED) is 0.902. The minimum Gasteiger partial charge on any atom is -0.383 e. The van der Waals surface area contributed by atoms with Crippen LogP contribution in [-0.2, 0) is 13.5 Å². The molecular weight excluding hydrogens is 226 g/mol. The summed E-state index contributed by atoms with van der Waals surface area (Å²) in [7, 11) is 1.97. The maximum Gasteiger partial charge on any atom is 0.133 e. The number of aryl methyl sites for hydroxylation is 1. The second-order valence-corrected chi connectivity index (χ2v) is 4.85. The third-order valence-electron chi connectivity index (χ3n) is 3.17. The molecule has 18 heavy (non-hydrogen) atoms. The van der Waals surface area contributed by atoms with E-state index in [2.05, 4.69) is 35.3 Å². The predicted molar refractivity (Wildman–Crippen MR) is 73.2 cm³/mol. The van der Waals surface area contributed by atoms with Crippen LogP contribution in [0.2, 0.25) is 0 Å². The fourth-order valence-electron chi connectivity index (χ4n) is 2.09. The van der Waals surface area contributed by atoms with Crippen molar-refractivity contribution in [2.24, 2.45) is 7.05 Å². The number of hydrogen-bond acceptors (Lipinski definition) is 3. The van der Waals surface area contributed by atoms with Crippen LogP contribution in [0.3, 0.4) is 0 Å². The number of rotatable bonds is 4. The van der Waals surface area contributed by atoms with Crippen LogP contribution in [0.5, 0.6) is 0 Å². The standard InChI is InChI=1S/C13H21N5/c1-5-6-11-16-12(13(14)17(11)4)10-7-15-8-18(10)9(2)3/h7-9H,5-6,14H2,1-4H3. The highest BCUT2D eigenvalue weighted by Crippen LogP contribution is 2.27. The lowest BCUT2D eigenvalue weighted by atomic mass is 10.3. The number of aromatic nitrogens is 4. The summed E-state index contributed by atoms with van der Waals surface area (Å²) in [6.45, 7) is 6.39. The van der Waals surface area contributed by atoms with E-state index in [0.717, 1.165) is 30.1 Å². The first-order valence-electron chi connectivity index (χ1n) is 6.39. The Morgan fingerprint density at radius 3 is 2.72 bits per heavy atom. The molecule has 98 valence electrons. The molecule has 0 aliphatic carbocycles. The van der Waals surface area contributed by atoms with Gasteiger partial charge in [0.25, 0.3) is 0 Å². The largest absolute Gasteiger partial charge is 0.383 e. The number of nitrogens with two attached hydrogens (primary N) is 1. The van der Waals surface area contributed by atoms with E-state index in [1.807, 2.05) is 24.1 Å². The number of anilines is 1. The molecule has 0 spiro atoms. The summed E-state index contributed by atoms with van der Waals surface area (Å²) < 4.78 is 4.06. The first-order valence-corrected chi connectivity index (χ1v) is 6.39. The molecule has 0 amide bonds. The van der Waals surface area contributed by atoms with Gasteiger partial charge in [-0.15, -0.1) is 0 Å². The van der Waals surface area contributed by atoms with Crippen LogP contribution < -0.4 is 5.73 Å². The van der Waals surface area contributed by atoms with Gasteiger partial charge in [0.05, 0.1) is 18.2 Å². The zero-order valence-corrected chi connectivity index (χ0v) is 11.5. The summed E-state index contributed by atoms with van der Waals surface area (Å²) in [5.74, 6) is 1.74. The normalized spacial score (nSPS) is 11.4. The Balaban J connectivity index is 2.50. The van der Waals surface area contributed by atoms with Crippen LogP contribution >= 0.6 is 0 Å². The van der Waals surface area contributed by atoms with Gasteiger partial charge in [0, 0.05) is 19.5 Å². The Morgan fingerprint density at radius 1 is 1.39 bits per heavy atom. The fourth-order valence-corrected chi connectivity index (χ4v) is 2.09. The lowest BCUT2D eigenvalue weighted by Gasteiger charge is -2.10. The Labute approximate surface area is 108 Å². The SMILES string of the molecule is CCCc1nc(-c2cncn2C(C)C)c(N)n1C. The number of nitrogen functional groups attached to an aromatic ring is 1. The molecule has 0 atom stereocenters. The number of hydrogen-bond donors (Lipinski definition) is 1. The van der Waals surface area contributed by atoms with E-state index in [1.165, 1.54) is 0 Å². The van der Waals surface area contributed by atoms with Gasteiger partial charge >= 0.3 is 0 Å². The second-order valence-electron chi connectivity index (χ2n) is 4.85. The molecule has 0 bridgehead atoms. The van der Waals surface area contributed by atoms with Crippen molar-refractivity contribution < 1.29 is 0 Å². The zero-order valence-electron chi connectivity index (χ0n) is 11.5. The van der Waals surface area contributed by atoms with Crippen molar-refractivity contribution in [2.75, 3.05) is 5.73 Å². The van der Waals surface area contributed by atoms with Crippen molar-refractivity contribution in [1.29, 1.82) is 0 Å². The molecule has 5 nitrogen and oxygen atoms in total. The van der Waals surface area contributed by atoms with Crippen LogP contribution in [-0.4, -0.2) is 19.1 Å². The molecule has 2 N–H and O–H groups in total. The summed E-state index contributed by atoms with van der Waals surface area (Å²) in [6.07, 6.45) is 5.66. The topological polar surface area (TPSA) is 61.7 Å². The monoisotopic (exact) mass is 247 g/mol. The summed E-state index contributed by atoms with van der Waals surface area (Å²) in [5, 5.41) is 0. The van der Waals surface area contributed by atoms with Crippen LogP contribution in [0.4, 0.5) is 5.82 Å².